The molecule has 0 bridgehead atoms. The maximum atomic E-state index is 10.4. The van der Waals surface area contributed by atoms with Gasteiger partial charge < -0.3 is 21.7 Å². The monoisotopic (exact) mass is 342 g/mol. The summed E-state index contributed by atoms with van der Waals surface area (Å²) in [6.45, 7) is 0. The van der Waals surface area contributed by atoms with Crippen LogP contribution in [0.2, 0.25) is 0 Å². The minimum atomic E-state index is -0.861. The second-order valence-electron chi connectivity index (χ2n) is 7.37. The van der Waals surface area contributed by atoms with Crippen LogP contribution >= 0.6 is 0 Å². The third-order valence-corrected chi connectivity index (χ3v) is 5.26. The van der Waals surface area contributed by atoms with Crippen LogP contribution in [-0.4, -0.2) is 34.2 Å². The molecule has 0 aromatic carbocycles. The van der Waals surface area contributed by atoms with Crippen LogP contribution in [0.25, 0.3) is 0 Å². The predicted molar refractivity (Wildman–Crippen MR) is 93.6 cm³/mol. The Morgan fingerprint density at radius 1 is 0.708 bits per heavy atom. The Hall–Kier alpha value is -1.14. The summed E-state index contributed by atoms with van der Waals surface area (Å²) in [6.07, 6.45) is 13.6. The molecule has 6 heteroatoms. The van der Waals surface area contributed by atoms with Crippen molar-refractivity contribution in [2.24, 2.45) is 23.3 Å². The predicted octanol–water partition coefficient (Wildman–Crippen LogP) is 2.74. The van der Waals surface area contributed by atoms with Gasteiger partial charge in [0.1, 0.15) is 12.1 Å². The summed E-state index contributed by atoms with van der Waals surface area (Å²) in [5.41, 5.74) is 10.9. The molecule has 0 spiro atoms. The fourth-order valence-corrected chi connectivity index (χ4v) is 3.77. The van der Waals surface area contributed by atoms with Gasteiger partial charge in [0.15, 0.2) is 0 Å². The maximum absolute atomic E-state index is 10.4. The van der Waals surface area contributed by atoms with Crippen molar-refractivity contribution in [3.63, 3.8) is 0 Å². The van der Waals surface area contributed by atoms with Crippen LogP contribution in [0.1, 0.15) is 77.0 Å². The van der Waals surface area contributed by atoms with E-state index >= 15 is 0 Å². The first-order valence-corrected chi connectivity index (χ1v) is 9.37. The molecule has 2 aliphatic carbocycles. The first-order valence-electron chi connectivity index (χ1n) is 9.37. The SMILES string of the molecule is NC(CC1CCCCC1)C(=O)O.N[C@@H](CC1CCCCC1)C(=O)O. The number of rotatable bonds is 6. The van der Waals surface area contributed by atoms with Crippen LogP contribution < -0.4 is 11.5 Å². The first-order chi connectivity index (χ1) is 11.4. The van der Waals surface area contributed by atoms with Crippen molar-refractivity contribution in [1.82, 2.24) is 0 Å². The Bertz CT molecular complexity index is 341. The summed E-state index contributed by atoms with van der Waals surface area (Å²) in [4.78, 5) is 20.9. The number of hydrogen-bond donors (Lipinski definition) is 4. The molecule has 0 amide bonds. The third-order valence-electron chi connectivity index (χ3n) is 5.26. The van der Waals surface area contributed by atoms with Gasteiger partial charge in [-0.05, 0) is 24.7 Å². The first kappa shape index (κ1) is 20.9. The highest BCUT2D eigenvalue weighted by molar-refractivity contribution is 5.73. The van der Waals surface area contributed by atoms with Gasteiger partial charge in [0, 0.05) is 0 Å². The minimum absolute atomic E-state index is 0.560. The van der Waals surface area contributed by atoms with Crippen molar-refractivity contribution in [2.45, 2.75) is 89.1 Å². The lowest BCUT2D eigenvalue weighted by molar-refractivity contribution is -0.140. The van der Waals surface area contributed by atoms with Crippen molar-refractivity contribution in [1.29, 1.82) is 0 Å². The van der Waals surface area contributed by atoms with Crippen molar-refractivity contribution < 1.29 is 19.8 Å². The van der Waals surface area contributed by atoms with Crippen LogP contribution in [0, 0.1) is 11.8 Å². The Morgan fingerprint density at radius 3 is 1.25 bits per heavy atom. The maximum Gasteiger partial charge on any atom is 0.320 e. The highest BCUT2D eigenvalue weighted by Crippen LogP contribution is 2.27. The van der Waals surface area contributed by atoms with Gasteiger partial charge in [-0.3, -0.25) is 9.59 Å². The fourth-order valence-electron chi connectivity index (χ4n) is 3.77. The van der Waals surface area contributed by atoms with E-state index in [4.69, 9.17) is 21.7 Å². The highest BCUT2D eigenvalue weighted by atomic mass is 16.4. The molecule has 0 aliphatic heterocycles. The summed E-state index contributed by atoms with van der Waals surface area (Å²) in [6, 6.07) is -1.29. The zero-order valence-corrected chi connectivity index (χ0v) is 14.7. The Balaban J connectivity index is 0.000000240. The van der Waals surface area contributed by atoms with E-state index in [1.165, 1.54) is 64.2 Å². The van der Waals surface area contributed by atoms with Gasteiger partial charge in [0.2, 0.25) is 0 Å². The molecule has 24 heavy (non-hydrogen) atoms. The fraction of sp³-hybridized carbons (Fsp3) is 0.889. The van der Waals surface area contributed by atoms with Gasteiger partial charge in [0.25, 0.3) is 0 Å². The molecular formula is C18H34N2O4. The molecule has 0 radical (unpaired) electrons. The smallest absolute Gasteiger partial charge is 0.320 e. The van der Waals surface area contributed by atoms with Crippen LogP contribution in [0.15, 0.2) is 0 Å². The Morgan fingerprint density at radius 2 is 1.00 bits per heavy atom. The van der Waals surface area contributed by atoms with Gasteiger partial charge in [-0.15, -0.1) is 0 Å². The van der Waals surface area contributed by atoms with E-state index in [0.717, 1.165) is 0 Å². The van der Waals surface area contributed by atoms with E-state index in [0.29, 0.717) is 24.7 Å². The second-order valence-corrected chi connectivity index (χ2v) is 7.37. The number of carboxylic acids is 2. The molecule has 2 atom stereocenters. The summed E-state index contributed by atoms with van der Waals surface area (Å²) in [5.74, 6) is -0.601. The average Bonchev–Trinajstić information content (AvgIpc) is 2.57. The molecule has 0 saturated heterocycles. The number of aliphatic carboxylic acids is 2. The zero-order valence-electron chi connectivity index (χ0n) is 14.7. The Kier molecular flexibility index (Phi) is 9.95. The van der Waals surface area contributed by atoms with Gasteiger partial charge >= 0.3 is 11.9 Å². The number of nitrogens with two attached hydrogens (primary N) is 2. The van der Waals surface area contributed by atoms with Crippen LogP contribution in [0.5, 0.6) is 0 Å². The van der Waals surface area contributed by atoms with Gasteiger partial charge in [-0.1, -0.05) is 64.2 Å². The van der Waals surface area contributed by atoms with Crippen LogP contribution in [0.4, 0.5) is 0 Å². The van der Waals surface area contributed by atoms with Crippen molar-refractivity contribution in [3.8, 4) is 0 Å². The van der Waals surface area contributed by atoms with Crippen molar-refractivity contribution >= 4 is 11.9 Å². The van der Waals surface area contributed by atoms with Crippen LogP contribution in [0.3, 0.4) is 0 Å². The lowest BCUT2D eigenvalue weighted by atomic mass is 9.85. The normalized spacial score (nSPS) is 22.1. The molecule has 6 N–H and O–H groups in total. The molecule has 2 fully saturated rings. The third kappa shape index (κ3) is 8.64. The highest BCUT2D eigenvalue weighted by Gasteiger charge is 2.21. The molecule has 1 unspecified atom stereocenters. The standard InChI is InChI=1S/2C9H17NO2/c2*10-8(9(11)12)6-7-4-2-1-3-5-7/h2*7-8H,1-6,10H2,(H,11,12)/t8-;/m0./s1. The number of hydrogen-bond acceptors (Lipinski definition) is 4. The average molecular weight is 342 g/mol. The molecule has 0 aromatic heterocycles. The van der Waals surface area contributed by atoms with Crippen molar-refractivity contribution in [3.05, 3.63) is 0 Å². The molecule has 6 nitrogen and oxygen atoms in total. The number of carbonyl (C=O) groups is 2. The molecule has 2 aliphatic rings. The molecule has 2 saturated carbocycles. The van der Waals surface area contributed by atoms with E-state index in [2.05, 4.69) is 0 Å². The summed E-state index contributed by atoms with van der Waals surface area (Å²) >= 11 is 0. The van der Waals surface area contributed by atoms with E-state index in [1.807, 2.05) is 0 Å². The largest absolute Gasteiger partial charge is 0.480 e. The number of carboxylic acid groups (broad SMARTS) is 2. The summed E-state index contributed by atoms with van der Waals surface area (Å²) in [7, 11) is 0. The van der Waals surface area contributed by atoms with E-state index < -0.39 is 24.0 Å². The van der Waals surface area contributed by atoms with Crippen molar-refractivity contribution in [2.75, 3.05) is 0 Å². The quantitative estimate of drug-likeness (QED) is 0.588. The van der Waals surface area contributed by atoms with Crippen LogP contribution in [-0.2, 0) is 9.59 Å². The molecule has 0 heterocycles. The van der Waals surface area contributed by atoms with Gasteiger partial charge in [0.05, 0.1) is 0 Å². The molecule has 140 valence electrons. The zero-order chi connectivity index (χ0) is 17.9. The lowest BCUT2D eigenvalue weighted by Gasteiger charge is -2.22. The lowest BCUT2D eigenvalue weighted by Crippen LogP contribution is -2.32. The second kappa shape index (κ2) is 11.4. The van der Waals surface area contributed by atoms with E-state index in [-0.39, 0.29) is 0 Å². The topological polar surface area (TPSA) is 127 Å². The minimum Gasteiger partial charge on any atom is -0.480 e. The van der Waals surface area contributed by atoms with Gasteiger partial charge in [-0.2, -0.15) is 0 Å². The van der Waals surface area contributed by atoms with E-state index in [1.54, 1.807) is 0 Å². The summed E-state index contributed by atoms with van der Waals surface area (Å²) < 4.78 is 0. The van der Waals surface area contributed by atoms with Gasteiger partial charge in [-0.25, -0.2) is 0 Å². The molecule has 2 rings (SSSR count). The van der Waals surface area contributed by atoms with E-state index in [9.17, 15) is 9.59 Å². The molecular weight excluding hydrogens is 308 g/mol. The Labute approximate surface area is 145 Å². The summed E-state index contributed by atoms with van der Waals surface area (Å²) in [5, 5.41) is 17.2. The molecule has 0 aromatic rings.